The van der Waals surface area contributed by atoms with Gasteiger partial charge >= 0.3 is 0 Å². The van der Waals surface area contributed by atoms with Crippen LogP contribution in [0.3, 0.4) is 0 Å². The van der Waals surface area contributed by atoms with Gasteiger partial charge in [-0.25, -0.2) is 0 Å². The van der Waals surface area contributed by atoms with Crippen molar-refractivity contribution in [3.8, 4) is 0 Å². The second-order valence-corrected chi connectivity index (χ2v) is 21.6. The summed E-state index contributed by atoms with van der Waals surface area (Å²) in [4.78, 5) is 4.43. The Bertz CT molecular complexity index is 1120. The first-order valence-corrected chi connectivity index (χ1v) is 30.5. The summed E-state index contributed by atoms with van der Waals surface area (Å²) in [6.07, 6.45) is 36.3. The third-order valence-electron chi connectivity index (χ3n) is 14.8. The van der Waals surface area contributed by atoms with E-state index in [1.165, 1.54) is 140 Å². The highest BCUT2D eigenvalue weighted by Gasteiger charge is 2.33. The molecule has 0 bridgehead atoms. The Hall–Kier alpha value is -1.32. The molecule has 8 atom stereocenters. The third-order valence-corrected chi connectivity index (χ3v) is 14.8. The van der Waals surface area contributed by atoms with Crippen molar-refractivity contribution in [2.24, 2.45) is 0 Å². The van der Waals surface area contributed by atoms with Crippen molar-refractivity contribution in [1.82, 2.24) is 9.80 Å². The molecule has 0 spiro atoms. The molecule has 0 aromatic heterocycles. The van der Waals surface area contributed by atoms with Crippen LogP contribution >= 0.6 is 0 Å². The van der Waals surface area contributed by atoms with Crippen molar-refractivity contribution in [3.05, 3.63) is 23.5 Å². The molecule has 0 radical (unpaired) electrons. The monoisotopic (exact) mass is 1030 g/mol. The highest BCUT2D eigenvalue weighted by Crippen LogP contribution is 2.24. The van der Waals surface area contributed by atoms with Gasteiger partial charge in [0.05, 0.1) is 25.4 Å². The standard InChI is InChI=1S/C60H120N2O10/c1-5-9-13-17-25-31-37-43-51(41-35-29-19-15-11-7-3)61(47-53(65)57(69)59(71)55(67)49-63)45-39-33-27-23-21-22-24-28-34-40-46-62(48-54(66)58(70)60(72)56(68)50-64)52(42-36-30-20-16-12-8-4)44-38-32-26-18-14-10-6-2/h43-44,53-60,63-72H,5-42,45-50H2,1-4H3/b51-43-,52-44-/t53-,54-,55+,56+,57+,58+,59+,60+/m0/s1. The fraction of sp³-hybridized carbons (Fsp3) is 0.933. The van der Waals surface area contributed by atoms with Crippen LogP contribution in [0.15, 0.2) is 23.5 Å². The molecule has 0 amide bonds. The lowest BCUT2D eigenvalue weighted by atomic mass is 10.0. The van der Waals surface area contributed by atoms with E-state index < -0.39 is 62.0 Å². The van der Waals surface area contributed by atoms with Crippen LogP contribution in [-0.4, -0.2) is 149 Å². The highest BCUT2D eigenvalue weighted by atomic mass is 16.4. The molecule has 12 nitrogen and oxygen atoms in total. The molecule has 0 aliphatic carbocycles. The van der Waals surface area contributed by atoms with Gasteiger partial charge in [-0.1, -0.05) is 220 Å². The van der Waals surface area contributed by atoms with Gasteiger partial charge in [0.1, 0.15) is 36.6 Å². The van der Waals surface area contributed by atoms with Crippen LogP contribution in [0.25, 0.3) is 0 Å². The largest absolute Gasteiger partial charge is 0.394 e. The highest BCUT2D eigenvalue weighted by molar-refractivity contribution is 5.04. The van der Waals surface area contributed by atoms with E-state index in [2.05, 4.69) is 49.6 Å². The number of hydrogen-bond acceptors (Lipinski definition) is 12. The van der Waals surface area contributed by atoms with Gasteiger partial charge in [0.25, 0.3) is 0 Å². The van der Waals surface area contributed by atoms with E-state index in [-0.39, 0.29) is 13.1 Å². The lowest BCUT2D eigenvalue weighted by Gasteiger charge is -2.33. The molecule has 0 saturated heterocycles. The summed E-state index contributed by atoms with van der Waals surface area (Å²) in [6, 6.07) is 0. The lowest BCUT2D eigenvalue weighted by Crippen LogP contribution is -2.49. The average molecular weight is 1030 g/mol. The van der Waals surface area contributed by atoms with Crippen molar-refractivity contribution < 1.29 is 51.1 Å². The van der Waals surface area contributed by atoms with Gasteiger partial charge in [-0.05, 0) is 64.2 Å². The fourth-order valence-electron chi connectivity index (χ4n) is 9.86. The topological polar surface area (TPSA) is 209 Å². The van der Waals surface area contributed by atoms with Crippen molar-refractivity contribution in [3.63, 3.8) is 0 Å². The number of nitrogens with zero attached hydrogens (tertiary/aromatic N) is 2. The number of allylic oxidation sites excluding steroid dienone is 4. The molecule has 0 saturated carbocycles. The van der Waals surface area contributed by atoms with E-state index in [0.717, 1.165) is 129 Å². The molecule has 0 unspecified atom stereocenters. The summed E-state index contributed by atoms with van der Waals surface area (Å²) in [6.45, 7) is 9.34. The molecule has 0 aromatic rings. The Labute approximate surface area is 442 Å². The molecule has 10 N–H and O–H groups in total. The minimum Gasteiger partial charge on any atom is -0.394 e. The van der Waals surface area contributed by atoms with Crippen LogP contribution in [0.1, 0.15) is 272 Å². The summed E-state index contributed by atoms with van der Waals surface area (Å²) in [5.41, 5.74) is 2.41. The zero-order valence-corrected chi connectivity index (χ0v) is 47.3. The SMILES string of the molecule is CCCCCCCC/C=C(/CCCCCCCC)N(CCCCCCCCCCCCN(C[C@H](O)[C@@H](O)[C@H](O)[C@H](O)CO)/C(=C\CCCCCCCC)CCCCCCCC)C[C@H](O)[C@@H](O)[C@H](O)[C@H](O)CO. The normalized spacial score (nSPS) is 15.9. The summed E-state index contributed by atoms with van der Waals surface area (Å²) < 4.78 is 0. The predicted octanol–water partition coefficient (Wildman–Crippen LogP) is 11.1. The van der Waals surface area contributed by atoms with Crippen LogP contribution in [0.2, 0.25) is 0 Å². The van der Waals surface area contributed by atoms with Gasteiger partial charge in [-0.2, -0.15) is 0 Å². The maximum Gasteiger partial charge on any atom is 0.111 e. The number of hydrogen-bond donors (Lipinski definition) is 10. The first kappa shape index (κ1) is 70.7. The quantitative estimate of drug-likeness (QED) is 0.0258. The summed E-state index contributed by atoms with van der Waals surface area (Å²) in [5.74, 6) is 0. The minimum absolute atomic E-state index is 0.155. The molecule has 72 heavy (non-hydrogen) atoms. The summed E-state index contributed by atoms with van der Waals surface area (Å²) in [5, 5.41) is 104. The zero-order valence-electron chi connectivity index (χ0n) is 47.3. The fourth-order valence-corrected chi connectivity index (χ4v) is 9.86. The number of unbranched alkanes of at least 4 members (excludes halogenated alkanes) is 31. The molecule has 0 rings (SSSR count). The van der Waals surface area contributed by atoms with Crippen molar-refractivity contribution in [1.29, 1.82) is 0 Å². The predicted molar refractivity (Wildman–Crippen MR) is 300 cm³/mol. The molecule has 0 aromatic carbocycles. The molecular weight excluding hydrogens is 909 g/mol. The van der Waals surface area contributed by atoms with Gasteiger partial charge in [-0.3, -0.25) is 0 Å². The summed E-state index contributed by atoms with van der Waals surface area (Å²) in [7, 11) is 0. The smallest absolute Gasteiger partial charge is 0.111 e. The molecule has 0 heterocycles. The molecule has 12 heteroatoms. The first-order chi connectivity index (χ1) is 34.9. The van der Waals surface area contributed by atoms with Crippen molar-refractivity contribution in [2.45, 2.75) is 321 Å². The Morgan fingerprint density at radius 2 is 0.542 bits per heavy atom. The van der Waals surface area contributed by atoms with E-state index in [9.17, 15) is 51.1 Å². The Balaban J connectivity index is 5.53. The molecule has 0 aliphatic heterocycles. The van der Waals surface area contributed by atoms with Crippen LogP contribution < -0.4 is 0 Å². The lowest BCUT2D eigenvalue weighted by molar-refractivity contribution is -0.118. The average Bonchev–Trinajstić information content (AvgIpc) is 3.39. The Morgan fingerprint density at radius 3 is 0.819 bits per heavy atom. The molecule has 0 aliphatic rings. The van der Waals surface area contributed by atoms with Gasteiger partial charge < -0.3 is 60.9 Å². The second-order valence-electron chi connectivity index (χ2n) is 21.6. The van der Waals surface area contributed by atoms with E-state index in [1.807, 2.05) is 0 Å². The molecular formula is C60H120N2O10. The van der Waals surface area contributed by atoms with E-state index >= 15 is 0 Å². The molecule has 0 fully saturated rings. The van der Waals surface area contributed by atoms with Crippen LogP contribution in [0, 0.1) is 0 Å². The first-order valence-electron chi connectivity index (χ1n) is 30.5. The maximum absolute atomic E-state index is 11.1. The number of rotatable bonds is 55. The van der Waals surface area contributed by atoms with Crippen LogP contribution in [0.5, 0.6) is 0 Å². The number of aliphatic hydroxyl groups is 10. The van der Waals surface area contributed by atoms with Gasteiger partial charge in [0, 0.05) is 37.6 Å². The van der Waals surface area contributed by atoms with E-state index in [1.54, 1.807) is 0 Å². The minimum atomic E-state index is -1.64. The molecule has 430 valence electrons. The Kier molecular flexibility index (Phi) is 49.6. The zero-order chi connectivity index (χ0) is 53.5. The second kappa shape index (κ2) is 50.5. The van der Waals surface area contributed by atoms with Crippen LogP contribution in [0.4, 0.5) is 0 Å². The van der Waals surface area contributed by atoms with Crippen LogP contribution in [-0.2, 0) is 0 Å². The third kappa shape index (κ3) is 37.4. The summed E-state index contributed by atoms with van der Waals surface area (Å²) >= 11 is 0. The number of aliphatic hydroxyl groups excluding tert-OH is 10. The van der Waals surface area contributed by atoms with Gasteiger partial charge in [0.2, 0.25) is 0 Å². The van der Waals surface area contributed by atoms with E-state index in [0.29, 0.717) is 0 Å². The van der Waals surface area contributed by atoms with Gasteiger partial charge in [-0.15, -0.1) is 0 Å². The van der Waals surface area contributed by atoms with Crippen molar-refractivity contribution >= 4 is 0 Å². The maximum atomic E-state index is 11.1. The van der Waals surface area contributed by atoms with Gasteiger partial charge in [0.15, 0.2) is 0 Å². The van der Waals surface area contributed by atoms with E-state index in [4.69, 9.17) is 0 Å². The Morgan fingerprint density at radius 1 is 0.306 bits per heavy atom. The van der Waals surface area contributed by atoms with Crippen molar-refractivity contribution in [2.75, 3.05) is 39.4 Å².